The topological polar surface area (TPSA) is 68.5 Å². The Morgan fingerprint density at radius 3 is 2.72 bits per heavy atom. The maximum atomic E-state index is 10.4. The Labute approximate surface area is 175 Å². The Morgan fingerprint density at radius 1 is 1.17 bits per heavy atom. The summed E-state index contributed by atoms with van der Waals surface area (Å²) in [5.41, 5.74) is 1.81. The molecule has 3 heterocycles. The second-order valence-corrected chi connectivity index (χ2v) is 8.41. The molecule has 1 spiro atoms. The van der Waals surface area contributed by atoms with Crippen LogP contribution in [0.4, 0.5) is 0 Å². The first-order valence-electron chi connectivity index (χ1n) is 10.1. The first-order chi connectivity index (χ1) is 14.0. The molecule has 0 amide bonds. The van der Waals surface area contributed by atoms with Gasteiger partial charge in [-0.15, -0.1) is 0 Å². The van der Waals surface area contributed by atoms with Crippen LogP contribution in [0.15, 0.2) is 41.5 Å². The van der Waals surface area contributed by atoms with Gasteiger partial charge in [0, 0.05) is 48.5 Å². The number of benzene rings is 2. The lowest BCUT2D eigenvalue weighted by atomic mass is 9.90. The van der Waals surface area contributed by atoms with E-state index in [0.717, 1.165) is 49.5 Å². The number of rotatable bonds is 2. The summed E-state index contributed by atoms with van der Waals surface area (Å²) >= 11 is 6.29. The van der Waals surface area contributed by atoms with E-state index in [1.807, 2.05) is 18.2 Å². The normalized spacial score (nSPS) is 22.8. The lowest BCUT2D eigenvalue weighted by Crippen LogP contribution is -2.59. The SMILES string of the molecule is CCN1CCC2(CC1)Oc1ccc(Cl)cc1C1CC(c3cc(O)ccc3O)=NN12. The van der Waals surface area contributed by atoms with Crippen LogP contribution in [0.1, 0.15) is 43.4 Å². The predicted molar refractivity (Wildman–Crippen MR) is 112 cm³/mol. The van der Waals surface area contributed by atoms with Crippen molar-refractivity contribution in [2.75, 3.05) is 19.6 Å². The van der Waals surface area contributed by atoms with Crippen molar-refractivity contribution < 1.29 is 14.9 Å². The third kappa shape index (κ3) is 3.02. The quantitative estimate of drug-likeness (QED) is 0.725. The molecule has 1 fully saturated rings. The molecule has 2 N–H and O–H groups in total. The smallest absolute Gasteiger partial charge is 0.200 e. The zero-order valence-corrected chi connectivity index (χ0v) is 17.1. The second kappa shape index (κ2) is 6.82. The molecule has 1 saturated heterocycles. The van der Waals surface area contributed by atoms with Gasteiger partial charge < -0.3 is 19.8 Å². The standard InChI is InChI=1S/C22H24ClN3O3/c1-2-25-9-7-22(8-10-25)26-19(17-11-14(23)3-6-21(17)29-22)13-18(24-26)16-12-15(27)4-5-20(16)28/h3-6,11-12,19,27-28H,2,7-10,13H2,1H3. The van der Waals surface area contributed by atoms with Crippen LogP contribution >= 0.6 is 11.6 Å². The number of aromatic hydroxyl groups is 2. The zero-order chi connectivity index (χ0) is 20.2. The summed E-state index contributed by atoms with van der Waals surface area (Å²) in [4.78, 5) is 2.42. The highest BCUT2D eigenvalue weighted by atomic mass is 35.5. The number of nitrogens with zero attached hydrogens (tertiary/aromatic N) is 3. The van der Waals surface area contributed by atoms with Crippen molar-refractivity contribution in [1.29, 1.82) is 0 Å². The van der Waals surface area contributed by atoms with Crippen molar-refractivity contribution >= 4 is 17.3 Å². The summed E-state index contributed by atoms with van der Waals surface area (Å²) in [6.07, 6.45) is 2.32. The molecule has 5 rings (SSSR count). The lowest BCUT2D eigenvalue weighted by molar-refractivity contribution is -0.149. The molecule has 0 aliphatic carbocycles. The van der Waals surface area contributed by atoms with Crippen LogP contribution in [0.2, 0.25) is 5.02 Å². The second-order valence-electron chi connectivity index (χ2n) is 7.98. The highest BCUT2D eigenvalue weighted by Crippen LogP contribution is 2.51. The fraction of sp³-hybridized carbons (Fsp3) is 0.409. The van der Waals surface area contributed by atoms with Gasteiger partial charge in [0.1, 0.15) is 17.2 Å². The van der Waals surface area contributed by atoms with E-state index in [1.54, 1.807) is 6.07 Å². The van der Waals surface area contributed by atoms with Crippen molar-refractivity contribution in [1.82, 2.24) is 9.91 Å². The molecule has 152 valence electrons. The number of halogens is 1. The van der Waals surface area contributed by atoms with Crippen LogP contribution in [0.3, 0.4) is 0 Å². The maximum absolute atomic E-state index is 10.4. The Hall–Kier alpha value is -2.44. The van der Waals surface area contributed by atoms with E-state index < -0.39 is 5.72 Å². The fourth-order valence-electron chi connectivity index (χ4n) is 4.72. The number of hydrazone groups is 1. The highest BCUT2D eigenvalue weighted by Gasteiger charge is 2.51. The first-order valence-corrected chi connectivity index (χ1v) is 10.5. The summed E-state index contributed by atoms with van der Waals surface area (Å²) in [5.74, 6) is 1.08. The van der Waals surface area contributed by atoms with Crippen LogP contribution in [-0.2, 0) is 0 Å². The third-order valence-electron chi connectivity index (χ3n) is 6.33. The molecule has 0 aromatic heterocycles. The average Bonchev–Trinajstić information content (AvgIpc) is 3.18. The monoisotopic (exact) mass is 413 g/mol. The van der Waals surface area contributed by atoms with Crippen molar-refractivity contribution in [2.24, 2.45) is 5.10 Å². The fourth-order valence-corrected chi connectivity index (χ4v) is 4.90. The molecule has 1 unspecified atom stereocenters. The molecule has 7 heteroatoms. The largest absolute Gasteiger partial charge is 0.508 e. The molecule has 1 atom stereocenters. The molecule has 6 nitrogen and oxygen atoms in total. The molecule has 2 aromatic carbocycles. The van der Waals surface area contributed by atoms with Crippen molar-refractivity contribution in [2.45, 2.75) is 38.0 Å². The highest BCUT2D eigenvalue weighted by molar-refractivity contribution is 6.30. The molecule has 0 bridgehead atoms. The predicted octanol–water partition coefficient (Wildman–Crippen LogP) is 4.11. The van der Waals surface area contributed by atoms with Crippen molar-refractivity contribution in [3.05, 3.63) is 52.5 Å². The summed E-state index contributed by atoms with van der Waals surface area (Å²) in [7, 11) is 0. The summed E-state index contributed by atoms with van der Waals surface area (Å²) in [6, 6.07) is 10.3. The molecule has 0 saturated carbocycles. The molecule has 29 heavy (non-hydrogen) atoms. The van der Waals surface area contributed by atoms with E-state index in [9.17, 15) is 10.2 Å². The number of ether oxygens (including phenoxy) is 1. The van der Waals surface area contributed by atoms with Crippen molar-refractivity contribution in [3.63, 3.8) is 0 Å². The van der Waals surface area contributed by atoms with Gasteiger partial charge in [-0.25, -0.2) is 5.01 Å². The maximum Gasteiger partial charge on any atom is 0.200 e. The number of hydrogen-bond acceptors (Lipinski definition) is 6. The summed E-state index contributed by atoms with van der Waals surface area (Å²) < 4.78 is 6.58. The van der Waals surface area contributed by atoms with Gasteiger partial charge >= 0.3 is 0 Å². The molecule has 2 aromatic rings. The van der Waals surface area contributed by atoms with E-state index in [4.69, 9.17) is 21.4 Å². The summed E-state index contributed by atoms with van der Waals surface area (Å²) in [6.45, 7) is 5.10. The molecule has 3 aliphatic rings. The third-order valence-corrected chi connectivity index (χ3v) is 6.57. The van der Waals surface area contributed by atoms with Gasteiger partial charge in [-0.3, -0.25) is 0 Å². The van der Waals surface area contributed by atoms with E-state index in [-0.39, 0.29) is 17.5 Å². The Kier molecular flexibility index (Phi) is 4.37. The molecule has 3 aliphatic heterocycles. The number of phenolic OH excluding ortho intramolecular Hbond substituents is 2. The van der Waals surface area contributed by atoms with Gasteiger partial charge in [-0.1, -0.05) is 18.5 Å². The minimum Gasteiger partial charge on any atom is -0.508 e. The summed E-state index contributed by atoms with van der Waals surface area (Å²) in [5, 5.41) is 28.0. The lowest BCUT2D eigenvalue weighted by Gasteiger charge is -2.51. The zero-order valence-electron chi connectivity index (χ0n) is 16.3. The average molecular weight is 414 g/mol. The minimum atomic E-state index is -0.509. The van der Waals surface area contributed by atoms with Crippen LogP contribution < -0.4 is 4.74 Å². The number of likely N-dealkylation sites (tertiary alicyclic amines) is 1. The van der Waals surface area contributed by atoms with Crippen LogP contribution in [0, 0.1) is 0 Å². The number of hydrogen-bond donors (Lipinski definition) is 2. The van der Waals surface area contributed by atoms with E-state index in [1.165, 1.54) is 12.1 Å². The van der Waals surface area contributed by atoms with Crippen LogP contribution in [-0.4, -0.2) is 51.2 Å². The van der Waals surface area contributed by atoms with E-state index >= 15 is 0 Å². The minimum absolute atomic E-state index is 0.0117. The Balaban J connectivity index is 1.59. The van der Waals surface area contributed by atoms with Crippen LogP contribution in [0.25, 0.3) is 0 Å². The molecular formula is C22H24ClN3O3. The van der Waals surface area contributed by atoms with Gasteiger partial charge in [-0.05, 0) is 42.9 Å². The Bertz CT molecular complexity index is 985. The number of phenols is 2. The van der Waals surface area contributed by atoms with Gasteiger partial charge in [0.05, 0.1) is 11.8 Å². The number of piperidine rings is 1. The van der Waals surface area contributed by atoms with Crippen LogP contribution in [0.5, 0.6) is 17.2 Å². The van der Waals surface area contributed by atoms with Crippen molar-refractivity contribution in [3.8, 4) is 17.2 Å². The molecule has 0 radical (unpaired) electrons. The van der Waals surface area contributed by atoms with Gasteiger partial charge in [0.15, 0.2) is 0 Å². The van der Waals surface area contributed by atoms with Gasteiger partial charge in [0.25, 0.3) is 0 Å². The van der Waals surface area contributed by atoms with Gasteiger partial charge in [-0.2, -0.15) is 5.10 Å². The van der Waals surface area contributed by atoms with E-state index in [2.05, 4.69) is 16.8 Å². The molecular weight excluding hydrogens is 390 g/mol. The Morgan fingerprint density at radius 2 is 1.97 bits per heavy atom. The van der Waals surface area contributed by atoms with Gasteiger partial charge in [0.2, 0.25) is 5.72 Å². The number of fused-ring (bicyclic) bond motifs is 4. The van der Waals surface area contributed by atoms with E-state index in [0.29, 0.717) is 17.0 Å². The first kappa shape index (κ1) is 18.6.